The molecule has 1 aromatic carbocycles. The van der Waals surface area contributed by atoms with E-state index in [1.165, 1.54) is 6.07 Å². The van der Waals surface area contributed by atoms with Gasteiger partial charge in [0.25, 0.3) is 0 Å². The molecule has 0 atom stereocenters. The second kappa shape index (κ2) is 6.18. The van der Waals surface area contributed by atoms with Crippen LogP contribution in [0.15, 0.2) is 18.2 Å². The molecule has 108 valence electrons. The number of hydrogen-bond donors (Lipinski definition) is 1. The molecule has 1 heterocycles. The molecule has 1 saturated heterocycles. The highest BCUT2D eigenvalue weighted by Crippen LogP contribution is 2.17. The van der Waals surface area contributed by atoms with Gasteiger partial charge in [0.1, 0.15) is 0 Å². The van der Waals surface area contributed by atoms with Crippen LogP contribution in [-0.2, 0) is 0 Å². The molecule has 0 spiro atoms. The maximum atomic E-state index is 12.2. The van der Waals surface area contributed by atoms with E-state index < -0.39 is 5.97 Å². The Morgan fingerprint density at radius 2 is 1.95 bits per heavy atom. The van der Waals surface area contributed by atoms with Crippen LogP contribution in [0.4, 0.5) is 0 Å². The number of carbonyl (C=O) groups is 2. The summed E-state index contributed by atoms with van der Waals surface area (Å²) in [6.45, 7) is 6.26. The van der Waals surface area contributed by atoms with E-state index in [4.69, 9.17) is 5.11 Å². The monoisotopic (exact) mass is 275 g/mol. The molecule has 1 N–H and O–H groups in total. The lowest BCUT2D eigenvalue weighted by Gasteiger charge is -2.29. The lowest BCUT2D eigenvalue weighted by Crippen LogP contribution is -2.36. The van der Waals surface area contributed by atoms with Crippen LogP contribution >= 0.6 is 0 Å². The Balaban J connectivity index is 2.06. The van der Waals surface area contributed by atoms with Crippen molar-refractivity contribution < 1.29 is 14.7 Å². The first-order valence-electron chi connectivity index (χ1n) is 7.07. The molecule has 20 heavy (non-hydrogen) atoms. The number of rotatable bonds is 4. The fourth-order valence-corrected chi connectivity index (χ4v) is 2.54. The molecule has 0 amide bonds. The lowest BCUT2D eigenvalue weighted by atomic mass is 9.98. The van der Waals surface area contributed by atoms with E-state index in [-0.39, 0.29) is 11.3 Å². The summed E-state index contributed by atoms with van der Waals surface area (Å²) in [4.78, 5) is 25.5. The van der Waals surface area contributed by atoms with Gasteiger partial charge in [0.05, 0.1) is 12.1 Å². The number of carbonyl (C=O) groups excluding carboxylic acids is 1. The van der Waals surface area contributed by atoms with Crippen molar-refractivity contribution in [2.24, 2.45) is 5.92 Å². The highest BCUT2D eigenvalue weighted by Gasteiger charge is 2.19. The number of hydrogen-bond acceptors (Lipinski definition) is 3. The summed E-state index contributed by atoms with van der Waals surface area (Å²) < 4.78 is 0. The molecule has 1 aromatic rings. The van der Waals surface area contributed by atoms with Crippen LogP contribution in [0.25, 0.3) is 0 Å². The van der Waals surface area contributed by atoms with Crippen molar-refractivity contribution >= 4 is 11.8 Å². The number of piperidine rings is 1. The Kier molecular flexibility index (Phi) is 4.55. The first-order chi connectivity index (χ1) is 9.47. The maximum absolute atomic E-state index is 12.2. The molecule has 4 nitrogen and oxygen atoms in total. The van der Waals surface area contributed by atoms with Gasteiger partial charge < -0.3 is 5.11 Å². The summed E-state index contributed by atoms with van der Waals surface area (Å²) in [5, 5.41) is 9.10. The van der Waals surface area contributed by atoms with Gasteiger partial charge in [-0.25, -0.2) is 4.79 Å². The molecule has 0 aliphatic carbocycles. The number of nitrogens with zero attached hydrogens (tertiary/aromatic N) is 1. The second-order valence-corrected chi connectivity index (χ2v) is 5.72. The molecule has 0 unspecified atom stereocenters. The number of benzene rings is 1. The van der Waals surface area contributed by atoms with Gasteiger partial charge in [-0.1, -0.05) is 19.1 Å². The fourth-order valence-electron chi connectivity index (χ4n) is 2.54. The summed E-state index contributed by atoms with van der Waals surface area (Å²) in [6.07, 6.45) is 2.25. The minimum Gasteiger partial charge on any atom is -0.478 e. The van der Waals surface area contributed by atoms with E-state index in [0.29, 0.717) is 17.7 Å². The Morgan fingerprint density at radius 1 is 1.30 bits per heavy atom. The molecule has 1 fully saturated rings. The molecule has 4 heteroatoms. The summed E-state index contributed by atoms with van der Waals surface area (Å²) >= 11 is 0. The Morgan fingerprint density at radius 3 is 2.55 bits per heavy atom. The van der Waals surface area contributed by atoms with E-state index in [1.807, 2.05) is 0 Å². The highest BCUT2D eigenvalue weighted by molar-refractivity contribution is 6.00. The van der Waals surface area contributed by atoms with E-state index in [1.54, 1.807) is 19.1 Å². The number of ketones is 1. The number of carboxylic acid groups (broad SMARTS) is 1. The second-order valence-electron chi connectivity index (χ2n) is 5.72. The van der Waals surface area contributed by atoms with E-state index in [2.05, 4.69) is 11.8 Å². The van der Waals surface area contributed by atoms with Crippen LogP contribution in [0.3, 0.4) is 0 Å². The minimum atomic E-state index is -0.982. The lowest BCUT2D eigenvalue weighted by molar-refractivity contribution is 0.0696. The van der Waals surface area contributed by atoms with Gasteiger partial charge in [-0.3, -0.25) is 9.69 Å². The largest absolute Gasteiger partial charge is 0.478 e. The van der Waals surface area contributed by atoms with E-state index in [0.717, 1.165) is 31.8 Å². The van der Waals surface area contributed by atoms with Crippen LogP contribution in [0.1, 0.15) is 46.0 Å². The van der Waals surface area contributed by atoms with Crippen molar-refractivity contribution in [3.05, 3.63) is 34.9 Å². The Bertz CT molecular complexity index is 516. The van der Waals surface area contributed by atoms with Crippen LogP contribution in [-0.4, -0.2) is 41.4 Å². The molecule has 2 rings (SSSR count). The quantitative estimate of drug-likeness (QED) is 0.858. The number of aryl methyl sites for hydroxylation is 1. The van der Waals surface area contributed by atoms with Gasteiger partial charge >= 0.3 is 5.97 Å². The maximum Gasteiger partial charge on any atom is 0.335 e. The van der Waals surface area contributed by atoms with Crippen molar-refractivity contribution in [2.45, 2.75) is 26.7 Å². The predicted octanol–water partition coefficient (Wildman–Crippen LogP) is 2.61. The zero-order chi connectivity index (χ0) is 14.7. The van der Waals surface area contributed by atoms with Gasteiger partial charge in [-0.15, -0.1) is 0 Å². The van der Waals surface area contributed by atoms with Crippen molar-refractivity contribution in [3.63, 3.8) is 0 Å². The number of carboxylic acids is 1. The third-order valence-corrected chi connectivity index (χ3v) is 4.03. The summed E-state index contributed by atoms with van der Waals surface area (Å²) in [6, 6.07) is 4.91. The van der Waals surface area contributed by atoms with Crippen molar-refractivity contribution in [1.29, 1.82) is 0 Å². The van der Waals surface area contributed by atoms with Crippen LogP contribution in [0.2, 0.25) is 0 Å². The first kappa shape index (κ1) is 14.7. The van der Waals surface area contributed by atoms with Gasteiger partial charge in [-0.2, -0.15) is 0 Å². The average Bonchev–Trinajstić information content (AvgIpc) is 2.41. The molecule has 1 aliphatic heterocycles. The standard InChI is InChI=1S/C16H21NO3/c1-11-5-7-17(8-6-11)10-15(18)13-4-3-12(2)14(9-13)16(19)20/h3-4,9,11H,5-8,10H2,1-2H3,(H,19,20). The normalized spacial score (nSPS) is 17.1. The van der Waals surface area contributed by atoms with Crippen molar-refractivity contribution in [3.8, 4) is 0 Å². The van der Waals surface area contributed by atoms with E-state index >= 15 is 0 Å². The molecular formula is C16H21NO3. The van der Waals surface area contributed by atoms with Crippen molar-refractivity contribution in [2.75, 3.05) is 19.6 Å². The molecule has 0 radical (unpaired) electrons. The highest BCUT2D eigenvalue weighted by atomic mass is 16.4. The van der Waals surface area contributed by atoms with Crippen LogP contribution in [0, 0.1) is 12.8 Å². The minimum absolute atomic E-state index is 0.00190. The molecule has 0 bridgehead atoms. The smallest absolute Gasteiger partial charge is 0.335 e. The number of Topliss-reactive ketones (excluding diaryl/α,β-unsaturated/α-hetero) is 1. The SMILES string of the molecule is Cc1ccc(C(=O)CN2CCC(C)CC2)cc1C(=O)O. The first-order valence-corrected chi connectivity index (χ1v) is 7.07. The molecular weight excluding hydrogens is 254 g/mol. The number of aromatic carboxylic acids is 1. The van der Waals surface area contributed by atoms with E-state index in [9.17, 15) is 9.59 Å². The zero-order valence-electron chi connectivity index (χ0n) is 12.1. The third-order valence-electron chi connectivity index (χ3n) is 4.03. The Labute approximate surface area is 119 Å². The fraction of sp³-hybridized carbons (Fsp3) is 0.500. The summed E-state index contributed by atoms with van der Waals surface area (Å²) in [7, 11) is 0. The summed E-state index contributed by atoms with van der Waals surface area (Å²) in [5.41, 5.74) is 1.38. The summed E-state index contributed by atoms with van der Waals surface area (Å²) in [5.74, 6) is -0.245. The van der Waals surface area contributed by atoms with Gasteiger partial charge in [0, 0.05) is 5.56 Å². The predicted molar refractivity (Wildman–Crippen MR) is 77.3 cm³/mol. The number of likely N-dealkylation sites (tertiary alicyclic amines) is 1. The Hall–Kier alpha value is -1.68. The molecule has 0 saturated carbocycles. The van der Waals surface area contributed by atoms with Crippen LogP contribution in [0.5, 0.6) is 0 Å². The third kappa shape index (κ3) is 3.45. The van der Waals surface area contributed by atoms with Gasteiger partial charge in [0.2, 0.25) is 0 Å². The zero-order valence-corrected chi connectivity index (χ0v) is 12.1. The average molecular weight is 275 g/mol. The van der Waals surface area contributed by atoms with Crippen molar-refractivity contribution in [1.82, 2.24) is 4.90 Å². The molecule has 1 aliphatic rings. The van der Waals surface area contributed by atoms with Gasteiger partial charge in [-0.05, 0) is 50.4 Å². The topological polar surface area (TPSA) is 57.6 Å². The van der Waals surface area contributed by atoms with Crippen LogP contribution < -0.4 is 0 Å². The van der Waals surface area contributed by atoms with Gasteiger partial charge in [0.15, 0.2) is 5.78 Å². The molecule has 0 aromatic heterocycles.